The fourth-order valence-electron chi connectivity index (χ4n) is 1.99. The zero-order valence-corrected chi connectivity index (χ0v) is 13.2. The van der Waals surface area contributed by atoms with Crippen molar-refractivity contribution >= 4 is 40.7 Å². The molecule has 5 heteroatoms. The van der Waals surface area contributed by atoms with Gasteiger partial charge in [0, 0.05) is 12.0 Å². The summed E-state index contributed by atoms with van der Waals surface area (Å²) < 4.78 is 0. The Morgan fingerprint density at radius 2 is 2.15 bits per heavy atom. The van der Waals surface area contributed by atoms with Crippen molar-refractivity contribution in [3.05, 3.63) is 58.1 Å². The summed E-state index contributed by atoms with van der Waals surface area (Å²) in [4.78, 5) is 11.1. The molecule has 2 nitrogen and oxygen atoms in total. The van der Waals surface area contributed by atoms with Crippen molar-refractivity contribution in [2.75, 3.05) is 0 Å². The van der Waals surface area contributed by atoms with Crippen molar-refractivity contribution in [1.82, 2.24) is 5.32 Å². The van der Waals surface area contributed by atoms with Crippen molar-refractivity contribution in [3.8, 4) is 0 Å². The summed E-state index contributed by atoms with van der Waals surface area (Å²) >= 11 is 18.3. The van der Waals surface area contributed by atoms with Crippen LogP contribution in [0, 0.1) is 0 Å². The summed E-state index contributed by atoms with van der Waals surface area (Å²) in [6, 6.07) is 5.40. The fraction of sp³-hybridized carbons (Fsp3) is 0.267. The Morgan fingerprint density at radius 1 is 1.45 bits per heavy atom. The molecular formula is C15H14Cl3NO. The maximum atomic E-state index is 11.8. The number of benzene rings is 1. The molecular weight excluding hydrogens is 317 g/mol. The lowest BCUT2D eigenvalue weighted by molar-refractivity contribution is -0.116. The average molecular weight is 331 g/mol. The molecule has 1 N–H and O–H groups in total. The van der Waals surface area contributed by atoms with Crippen molar-refractivity contribution in [2.24, 2.45) is 0 Å². The zero-order valence-electron chi connectivity index (χ0n) is 10.9. The fourth-order valence-corrected chi connectivity index (χ4v) is 2.67. The molecule has 0 saturated heterocycles. The molecule has 2 atom stereocenters. The molecule has 1 aliphatic carbocycles. The van der Waals surface area contributed by atoms with Gasteiger partial charge in [0.1, 0.15) is 5.00 Å². The van der Waals surface area contributed by atoms with Gasteiger partial charge in [-0.15, -0.1) is 0 Å². The number of rotatable bonds is 4. The third-order valence-corrected chi connectivity index (χ3v) is 4.50. The number of allylic oxidation sites excluding steroid dienone is 2. The van der Waals surface area contributed by atoms with Gasteiger partial charge >= 0.3 is 0 Å². The number of hydrogen-bond acceptors (Lipinski definition) is 1. The molecule has 1 aromatic rings. The van der Waals surface area contributed by atoms with E-state index in [2.05, 4.69) is 11.9 Å². The average Bonchev–Trinajstić information content (AvgIpc) is 3.03. The molecule has 0 radical (unpaired) electrons. The van der Waals surface area contributed by atoms with E-state index in [1.54, 1.807) is 25.1 Å². The second-order valence-corrected chi connectivity index (χ2v) is 6.36. The van der Waals surface area contributed by atoms with Gasteiger partial charge in [0.2, 0.25) is 5.91 Å². The number of halogens is 3. The molecule has 1 unspecified atom stereocenters. The van der Waals surface area contributed by atoms with Crippen molar-refractivity contribution in [3.63, 3.8) is 0 Å². The van der Waals surface area contributed by atoms with E-state index in [1.807, 2.05) is 6.07 Å². The molecule has 0 spiro atoms. The molecule has 2 rings (SSSR count). The lowest BCUT2D eigenvalue weighted by Crippen LogP contribution is -2.32. The minimum absolute atomic E-state index is 0.0420. The predicted molar refractivity (Wildman–Crippen MR) is 84.5 cm³/mol. The summed E-state index contributed by atoms with van der Waals surface area (Å²) in [5.74, 6) is -0.180. The van der Waals surface area contributed by atoms with E-state index in [0.29, 0.717) is 16.5 Å². The highest BCUT2D eigenvalue weighted by Gasteiger charge is 2.54. The molecule has 20 heavy (non-hydrogen) atoms. The second-order valence-electron chi connectivity index (χ2n) is 4.87. The van der Waals surface area contributed by atoms with Gasteiger partial charge < -0.3 is 5.32 Å². The normalized spacial score (nSPS) is 25.2. The highest BCUT2D eigenvalue weighted by molar-refractivity contribution is 6.42. The van der Waals surface area contributed by atoms with Crippen LogP contribution in [0.15, 0.2) is 42.5 Å². The van der Waals surface area contributed by atoms with Crippen LogP contribution < -0.4 is 5.32 Å². The lowest BCUT2D eigenvalue weighted by atomic mass is 10.1. The summed E-state index contributed by atoms with van der Waals surface area (Å²) in [5, 5.41) is 3.80. The van der Waals surface area contributed by atoms with Crippen LogP contribution >= 0.6 is 34.8 Å². The maximum absolute atomic E-state index is 11.8. The van der Waals surface area contributed by atoms with Crippen LogP contribution in [0.25, 0.3) is 0 Å². The maximum Gasteiger partial charge on any atom is 0.245 e. The number of nitrogens with one attached hydrogen (secondary N) is 1. The van der Waals surface area contributed by atoms with Crippen molar-refractivity contribution < 1.29 is 4.79 Å². The zero-order chi connectivity index (χ0) is 14.9. The number of carbonyl (C=O) groups excluding carboxylic acids is 1. The van der Waals surface area contributed by atoms with Gasteiger partial charge in [-0.25, -0.2) is 0 Å². The van der Waals surface area contributed by atoms with E-state index in [1.165, 1.54) is 6.08 Å². The van der Waals surface area contributed by atoms with Crippen LogP contribution in [0.5, 0.6) is 0 Å². The van der Waals surface area contributed by atoms with Crippen LogP contribution in [-0.2, 0) is 4.79 Å². The third kappa shape index (κ3) is 3.38. The van der Waals surface area contributed by atoms with Crippen molar-refractivity contribution in [2.45, 2.75) is 24.3 Å². The van der Waals surface area contributed by atoms with Crippen molar-refractivity contribution in [1.29, 1.82) is 0 Å². The van der Waals surface area contributed by atoms with Crippen LogP contribution in [-0.4, -0.2) is 10.9 Å². The van der Waals surface area contributed by atoms with Crippen LogP contribution in [0.4, 0.5) is 0 Å². The van der Waals surface area contributed by atoms with Gasteiger partial charge in [0.25, 0.3) is 0 Å². The van der Waals surface area contributed by atoms with E-state index < -0.39 is 5.00 Å². The first-order valence-electron chi connectivity index (χ1n) is 6.12. The predicted octanol–water partition coefficient (Wildman–Crippen LogP) is 4.66. The molecule has 1 aliphatic rings. The molecule has 1 aromatic carbocycles. The first-order valence-corrected chi connectivity index (χ1v) is 7.26. The van der Waals surface area contributed by atoms with Gasteiger partial charge in [-0.3, -0.25) is 4.79 Å². The molecule has 1 saturated carbocycles. The number of amides is 1. The summed E-state index contributed by atoms with van der Waals surface area (Å²) in [6.45, 7) is 5.40. The van der Waals surface area contributed by atoms with E-state index in [4.69, 9.17) is 34.8 Å². The van der Waals surface area contributed by atoms with E-state index in [0.717, 1.165) is 11.1 Å². The Bertz CT molecular complexity index is 597. The monoisotopic (exact) mass is 329 g/mol. The van der Waals surface area contributed by atoms with E-state index >= 15 is 0 Å². The SMILES string of the molecule is C=CC(C)=CC(=O)N[C@@]1(Cl)CC1c1ccc(Cl)c(Cl)c1. The minimum atomic E-state index is -0.744. The molecule has 0 aromatic heterocycles. The van der Waals surface area contributed by atoms with Gasteiger partial charge in [-0.2, -0.15) is 0 Å². The molecule has 0 aliphatic heterocycles. The van der Waals surface area contributed by atoms with Gasteiger partial charge in [-0.1, -0.05) is 53.5 Å². The van der Waals surface area contributed by atoms with Gasteiger partial charge in [0.15, 0.2) is 0 Å². The molecule has 1 amide bonds. The Morgan fingerprint density at radius 3 is 2.75 bits per heavy atom. The van der Waals surface area contributed by atoms with Gasteiger partial charge in [-0.05, 0) is 36.6 Å². The minimum Gasteiger partial charge on any atom is -0.333 e. The summed E-state index contributed by atoms with van der Waals surface area (Å²) in [5.41, 5.74) is 1.76. The standard InChI is InChI=1S/C15H14Cl3NO/c1-3-9(2)6-14(20)19-15(18)8-11(15)10-4-5-12(16)13(17)7-10/h3-7,11H,1,8H2,2H3,(H,19,20)/t11?,15-/m0/s1. The highest BCUT2D eigenvalue weighted by Crippen LogP contribution is 2.55. The quantitative estimate of drug-likeness (QED) is 0.370. The first-order chi connectivity index (χ1) is 9.35. The second kappa shape index (κ2) is 5.80. The Balaban J connectivity index is 2.07. The van der Waals surface area contributed by atoms with E-state index in [9.17, 15) is 4.79 Å². The summed E-state index contributed by atoms with van der Waals surface area (Å²) in [6.07, 6.45) is 3.75. The molecule has 106 valence electrons. The number of carbonyl (C=O) groups is 1. The Hall–Kier alpha value is -0.960. The Kier molecular flexibility index (Phi) is 4.48. The highest BCUT2D eigenvalue weighted by atomic mass is 35.5. The summed E-state index contributed by atoms with van der Waals surface area (Å²) in [7, 11) is 0. The third-order valence-electron chi connectivity index (χ3n) is 3.25. The molecule has 0 heterocycles. The topological polar surface area (TPSA) is 29.1 Å². The van der Waals surface area contributed by atoms with Gasteiger partial charge in [0.05, 0.1) is 10.0 Å². The van der Waals surface area contributed by atoms with E-state index in [-0.39, 0.29) is 11.8 Å². The first kappa shape index (κ1) is 15.4. The number of hydrogen-bond donors (Lipinski definition) is 1. The largest absolute Gasteiger partial charge is 0.333 e. The molecule has 1 fully saturated rings. The van der Waals surface area contributed by atoms with Crippen LogP contribution in [0.3, 0.4) is 0 Å². The Labute approximate surface area is 133 Å². The van der Waals surface area contributed by atoms with Crippen LogP contribution in [0.1, 0.15) is 24.8 Å². The van der Waals surface area contributed by atoms with Crippen LogP contribution in [0.2, 0.25) is 10.0 Å². The molecule has 0 bridgehead atoms. The lowest BCUT2D eigenvalue weighted by Gasteiger charge is -2.11. The number of alkyl halides is 1. The smallest absolute Gasteiger partial charge is 0.245 e.